The van der Waals surface area contributed by atoms with Gasteiger partial charge in [-0.05, 0) is 23.6 Å². The molecule has 0 unspecified atom stereocenters. The molecule has 18 heavy (non-hydrogen) atoms. The third-order valence-corrected chi connectivity index (χ3v) is 2.55. The van der Waals surface area contributed by atoms with Crippen molar-refractivity contribution in [3.63, 3.8) is 0 Å². The highest BCUT2D eigenvalue weighted by atomic mass is 16.1. The van der Waals surface area contributed by atoms with Gasteiger partial charge in [0.2, 0.25) is 0 Å². The van der Waals surface area contributed by atoms with Crippen LogP contribution in [0, 0.1) is 5.41 Å². The Hall–Kier alpha value is -1.71. The van der Waals surface area contributed by atoms with Crippen molar-refractivity contribution in [1.29, 1.82) is 0 Å². The molecule has 1 rings (SSSR count). The van der Waals surface area contributed by atoms with E-state index in [0.29, 0.717) is 17.8 Å². The van der Waals surface area contributed by atoms with Gasteiger partial charge in [-0.2, -0.15) is 0 Å². The first-order valence-corrected chi connectivity index (χ1v) is 6.06. The number of carbonyl (C=O) groups is 1. The van der Waals surface area contributed by atoms with Crippen LogP contribution in [0.4, 0.5) is 11.4 Å². The zero-order chi connectivity index (χ0) is 13.9. The number of hydrogen-bond donors (Lipinski definition) is 2. The average molecular weight is 249 g/mol. The Morgan fingerprint density at radius 3 is 2.39 bits per heavy atom. The minimum absolute atomic E-state index is 0.0742. The van der Waals surface area contributed by atoms with Crippen LogP contribution in [-0.4, -0.2) is 26.5 Å². The molecular weight excluding hydrogens is 226 g/mol. The molecule has 3 N–H and O–H groups in total. The third-order valence-electron chi connectivity index (χ3n) is 2.55. The summed E-state index contributed by atoms with van der Waals surface area (Å²) < 4.78 is 0. The largest absolute Gasteiger partial charge is 0.397 e. The highest BCUT2D eigenvalue weighted by Crippen LogP contribution is 2.22. The van der Waals surface area contributed by atoms with Gasteiger partial charge in [0.15, 0.2) is 0 Å². The summed E-state index contributed by atoms with van der Waals surface area (Å²) in [5.74, 6) is -0.0815. The molecule has 0 fully saturated rings. The van der Waals surface area contributed by atoms with E-state index in [1.54, 1.807) is 12.1 Å². The fourth-order valence-corrected chi connectivity index (χ4v) is 1.55. The number of nitrogen functional groups attached to an aromatic ring is 1. The van der Waals surface area contributed by atoms with Crippen LogP contribution < -0.4 is 16.0 Å². The molecule has 0 saturated carbocycles. The Bertz CT molecular complexity index is 433. The minimum atomic E-state index is -0.0815. The van der Waals surface area contributed by atoms with Gasteiger partial charge in [-0.3, -0.25) is 4.79 Å². The lowest BCUT2D eigenvalue weighted by Gasteiger charge is -2.19. The van der Waals surface area contributed by atoms with Crippen LogP contribution in [-0.2, 0) is 0 Å². The van der Waals surface area contributed by atoms with E-state index >= 15 is 0 Å². The molecule has 0 atom stereocenters. The van der Waals surface area contributed by atoms with Crippen LogP contribution in [0.5, 0.6) is 0 Å². The lowest BCUT2D eigenvalue weighted by atomic mass is 9.97. The molecular formula is C14H23N3O. The van der Waals surface area contributed by atoms with Crippen molar-refractivity contribution in [1.82, 2.24) is 5.32 Å². The molecule has 0 aliphatic carbocycles. The molecule has 1 aromatic rings. The van der Waals surface area contributed by atoms with Crippen LogP contribution in [0.1, 0.15) is 31.1 Å². The first kappa shape index (κ1) is 14.4. The Morgan fingerprint density at radius 1 is 1.33 bits per heavy atom. The summed E-state index contributed by atoms with van der Waals surface area (Å²) in [6.07, 6.45) is 0. The zero-order valence-corrected chi connectivity index (χ0v) is 11.9. The number of nitrogens with one attached hydrogen (secondary N) is 1. The molecule has 1 aromatic carbocycles. The van der Waals surface area contributed by atoms with Gasteiger partial charge in [0.05, 0.1) is 11.4 Å². The number of benzene rings is 1. The maximum absolute atomic E-state index is 11.9. The normalized spacial score (nSPS) is 11.2. The monoisotopic (exact) mass is 249 g/mol. The molecule has 0 spiro atoms. The molecule has 4 heteroatoms. The van der Waals surface area contributed by atoms with Crippen molar-refractivity contribution in [2.45, 2.75) is 20.8 Å². The second-order valence-corrected chi connectivity index (χ2v) is 5.91. The zero-order valence-electron chi connectivity index (χ0n) is 11.9. The molecule has 100 valence electrons. The lowest BCUT2D eigenvalue weighted by molar-refractivity contribution is 0.0939. The Morgan fingerprint density at radius 2 is 1.94 bits per heavy atom. The smallest absolute Gasteiger partial charge is 0.251 e. The van der Waals surface area contributed by atoms with Gasteiger partial charge in [-0.1, -0.05) is 20.8 Å². The number of nitrogens with zero attached hydrogens (tertiary/aromatic N) is 1. The molecule has 1 amide bonds. The van der Waals surface area contributed by atoms with E-state index in [-0.39, 0.29) is 11.3 Å². The number of rotatable bonds is 3. The average Bonchev–Trinajstić information content (AvgIpc) is 2.24. The molecule has 0 saturated heterocycles. The Labute approximate surface area is 109 Å². The van der Waals surface area contributed by atoms with Crippen molar-refractivity contribution in [2.75, 3.05) is 31.3 Å². The van der Waals surface area contributed by atoms with E-state index in [4.69, 9.17) is 5.73 Å². The van der Waals surface area contributed by atoms with Gasteiger partial charge in [-0.25, -0.2) is 0 Å². The van der Waals surface area contributed by atoms with Crippen molar-refractivity contribution in [3.05, 3.63) is 23.8 Å². The van der Waals surface area contributed by atoms with E-state index < -0.39 is 0 Å². The predicted molar refractivity (Wildman–Crippen MR) is 77.0 cm³/mol. The summed E-state index contributed by atoms with van der Waals surface area (Å²) in [5, 5.41) is 2.91. The van der Waals surface area contributed by atoms with E-state index in [1.165, 1.54) is 0 Å². The minimum Gasteiger partial charge on any atom is -0.397 e. The first-order valence-electron chi connectivity index (χ1n) is 6.06. The number of hydrogen-bond acceptors (Lipinski definition) is 3. The van der Waals surface area contributed by atoms with Gasteiger partial charge in [-0.15, -0.1) is 0 Å². The van der Waals surface area contributed by atoms with Gasteiger partial charge >= 0.3 is 0 Å². The fraction of sp³-hybridized carbons (Fsp3) is 0.500. The predicted octanol–water partition coefficient (Wildman–Crippen LogP) is 2.11. The topological polar surface area (TPSA) is 58.4 Å². The number of amides is 1. The van der Waals surface area contributed by atoms with Crippen LogP contribution >= 0.6 is 0 Å². The summed E-state index contributed by atoms with van der Waals surface area (Å²) in [6.45, 7) is 6.88. The molecule has 4 nitrogen and oxygen atoms in total. The van der Waals surface area contributed by atoms with Crippen LogP contribution in [0.15, 0.2) is 18.2 Å². The van der Waals surface area contributed by atoms with Crippen molar-refractivity contribution < 1.29 is 4.79 Å². The molecule has 0 heterocycles. The highest BCUT2D eigenvalue weighted by molar-refractivity contribution is 5.96. The highest BCUT2D eigenvalue weighted by Gasteiger charge is 2.14. The summed E-state index contributed by atoms with van der Waals surface area (Å²) in [6, 6.07) is 5.37. The second kappa shape index (κ2) is 5.29. The van der Waals surface area contributed by atoms with Gasteiger partial charge in [0, 0.05) is 26.2 Å². The van der Waals surface area contributed by atoms with Gasteiger partial charge in [0.1, 0.15) is 0 Å². The summed E-state index contributed by atoms with van der Waals surface area (Å²) >= 11 is 0. The van der Waals surface area contributed by atoms with Gasteiger partial charge < -0.3 is 16.0 Å². The number of nitrogens with two attached hydrogens (primary N) is 1. The SMILES string of the molecule is CN(C)c1ccc(C(=O)NCC(C)(C)C)cc1N. The van der Waals surface area contributed by atoms with E-state index in [2.05, 4.69) is 26.1 Å². The van der Waals surface area contributed by atoms with Gasteiger partial charge in [0.25, 0.3) is 5.91 Å². The first-order chi connectivity index (χ1) is 8.20. The summed E-state index contributed by atoms with van der Waals surface area (Å²) in [4.78, 5) is 13.9. The Balaban J connectivity index is 2.79. The van der Waals surface area contributed by atoms with Crippen LogP contribution in [0.3, 0.4) is 0 Å². The molecule has 0 aromatic heterocycles. The van der Waals surface area contributed by atoms with Crippen LogP contribution in [0.25, 0.3) is 0 Å². The van der Waals surface area contributed by atoms with Crippen LogP contribution in [0.2, 0.25) is 0 Å². The molecule has 0 aliphatic heterocycles. The summed E-state index contributed by atoms with van der Waals surface area (Å²) in [7, 11) is 3.84. The van der Waals surface area contributed by atoms with Crippen molar-refractivity contribution in [2.24, 2.45) is 5.41 Å². The number of carbonyl (C=O) groups excluding carboxylic acids is 1. The lowest BCUT2D eigenvalue weighted by Crippen LogP contribution is -2.32. The van der Waals surface area contributed by atoms with Crippen molar-refractivity contribution in [3.8, 4) is 0 Å². The summed E-state index contributed by atoms with van der Waals surface area (Å²) in [5.41, 5.74) is 8.13. The third kappa shape index (κ3) is 3.95. The standard InChI is InChI=1S/C14H23N3O/c1-14(2,3)9-16-13(18)10-6-7-12(17(4)5)11(15)8-10/h6-8H,9,15H2,1-5H3,(H,16,18). The molecule has 0 aliphatic rings. The Kier molecular flexibility index (Phi) is 4.22. The van der Waals surface area contributed by atoms with E-state index in [1.807, 2.05) is 25.1 Å². The maximum Gasteiger partial charge on any atom is 0.251 e. The van der Waals surface area contributed by atoms with E-state index in [0.717, 1.165) is 5.69 Å². The quantitative estimate of drug-likeness (QED) is 0.807. The number of anilines is 2. The van der Waals surface area contributed by atoms with Crippen molar-refractivity contribution >= 4 is 17.3 Å². The van der Waals surface area contributed by atoms with E-state index in [9.17, 15) is 4.79 Å². The second-order valence-electron chi connectivity index (χ2n) is 5.91. The maximum atomic E-state index is 11.9. The molecule has 0 bridgehead atoms. The fourth-order valence-electron chi connectivity index (χ4n) is 1.55. The molecule has 0 radical (unpaired) electrons.